The topological polar surface area (TPSA) is 355 Å². The van der Waals surface area contributed by atoms with Gasteiger partial charge in [-0.15, -0.1) is 0 Å². The van der Waals surface area contributed by atoms with Crippen LogP contribution in [0.15, 0.2) is 0 Å². The number of Topliss-reactive ketones (excluding diaryl/α,β-unsaturated/α-hetero) is 1. The second kappa shape index (κ2) is 22.2. The molecule has 1 spiro atoms. The van der Waals surface area contributed by atoms with Crippen molar-refractivity contribution < 1.29 is 118 Å². The number of hydrogen-bond acceptors (Lipinski definition) is 24. The lowest BCUT2D eigenvalue weighted by Gasteiger charge is -2.67. The Balaban J connectivity index is 0.812. The summed E-state index contributed by atoms with van der Waals surface area (Å²) in [6.07, 6.45) is -23.3. The molecule has 24 nitrogen and oxygen atoms in total. The van der Waals surface area contributed by atoms with Gasteiger partial charge in [-0.25, -0.2) is 0 Å². The molecule has 5 aliphatic heterocycles. The van der Waals surface area contributed by atoms with Gasteiger partial charge < -0.3 is 103 Å². The van der Waals surface area contributed by atoms with Gasteiger partial charge in [0, 0.05) is 43.1 Å². The molecule has 9 aliphatic rings. The molecule has 0 radical (unpaired) electrons. The van der Waals surface area contributed by atoms with Gasteiger partial charge in [0.1, 0.15) is 91.2 Å². The first-order chi connectivity index (χ1) is 35.1. The molecule has 0 aromatic carbocycles. The van der Waals surface area contributed by atoms with Crippen molar-refractivity contribution in [1.29, 1.82) is 0 Å². The van der Waals surface area contributed by atoms with E-state index in [1.807, 2.05) is 0 Å². The Labute approximate surface area is 428 Å². The number of rotatable bonds is 14. The molecule has 24 heteroatoms. The van der Waals surface area contributed by atoms with Crippen LogP contribution in [0, 0.1) is 39.9 Å². The number of carbonyl (C=O) groups excluding carboxylic acids is 3. The summed E-state index contributed by atoms with van der Waals surface area (Å²) in [5.74, 6) is -0.181. The number of carbonyl (C=O) groups is 3. The number of aliphatic hydroxyl groups excluding tert-OH is 10. The van der Waals surface area contributed by atoms with Crippen molar-refractivity contribution in [2.75, 3.05) is 33.5 Å². The Morgan fingerprint density at radius 1 is 0.649 bits per heavy atom. The molecule has 10 N–H and O–H groups in total. The number of hydrogen-bond donors (Lipinski definition) is 10. The zero-order valence-electron chi connectivity index (χ0n) is 42.5. The van der Waals surface area contributed by atoms with Crippen LogP contribution in [-0.4, -0.2) is 231 Å². The Kier molecular flexibility index (Phi) is 17.0. The van der Waals surface area contributed by atoms with Crippen LogP contribution in [0.4, 0.5) is 0 Å². The second-order valence-electron chi connectivity index (χ2n) is 23.0. The Hall–Kier alpha value is -2.15. The largest absolute Gasteiger partial charge is 0.465 e. The summed E-state index contributed by atoms with van der Waals surface area (Å²) in [5, 5.41) is 105. The molecule has 0 aromatic rings. The molecule has 9 rings (SSSR count). The van der Waals surface area contributed by atoms with E-state index < -0.39 is 166 Å². The van der Waals surface area contributed by atoms with E-state index in [-0.39, 0.29) is 41.5 Å². The maximum Gasteiger partial charge on any atom is 0.306 e. The predicted octanol–water partition coefficient (Wildman–Crippen LogP) is -2.56. The van der Waals surface area contributed by atoms with Crippen LogP contribution in [0.2, 0.25) is 0 Å². The minimum atomic E-state index is -1.87. The number of esters is 2. The summed E-state index contributed by atoms with van der Waals surface area (Å²) in [5.41, 5.74) is -1.34. The van der Waals surface area contributed by atoms with Gasteiger partial charge in [-0.2, -0.15) is 0 Å². The average molecular weight is 1060 g/mol. The lowest BCUT2D eigenvalue weighted by atomic mass is 9.36. The van der Waals surface area contributed by atoms with E-state index in [4.69, 9.17) is 52.1 Å². The number of methoxy groups -OCH3 is 1. The van der Waals surface area contributed by atoms with Crippen molar-refractivity contribution in [1.82, 2.24) is 0 Å². The van der Waals surface area contributed by atoms with Gasteiger partial charge in [0.25, 0.3) is 0 Å². The van der Waals surface area contributed by atoms with Crippen LogP contribution < -0.4 is 0 Å². The molecule has 2 bridgehead atoms. The van der Waals surface area contributed by atoms with Crippen molar-refractivity contribution in [2.24, 2.45) is 39.9 Å². The fourth-order valence-corrected chi connectivity index (χ4v) is 14.9. The highest BCUT2D eigenvalue weighted by molar-refractivity contribution is 5.92. The molecule has 0 aromatic heterocycles. The summed E-state index contributed by atoms with van der Waals surface area (Å²) in [4.78, 5) is 39.9. The maximum absolute atomic E-state index is 14.9. The van der Waals surface area contributed by atoms with E-state index in [1.54, 1.807) is 6.92 Å². The standard InChI is InChI=1S/C50H78O24/c1-20-42(74-46-41(62)38(59)35(56)29(73-46)19-67-45-40(61)37(58)34(55)28(72-45)18-66-44-39(60)36(57)33(54)27(16-51)71-44)26(64-5)15-32(68-20)70-25-8-10-48(3)24(43(25)69-21(2)52)7-13-50-12-6-23(22-14-31(53)65-17-22)49(4,47(50)63)11-9-30(48)50/h20,22-30,32-46,51,54-62H,6-19H2,1-5H3/t20-,22-,23+,24+,25+,26-,27+,28+,29+,30+,32+,33+,34+,35+,36-,37-,38-,39+,40+,41+,42-,43+,44+,45+,46-,48-,49-,50+/m1/s1. The smallest absolute Gasteiger partial charge is 0.306 e. The summed E-state index contributed by atoms with van der Waals surface area (Å²) in [6.45, 7) is 5.85. The molecular weight excluding hydrogens is 985 g/mol. The third-order valence-corrected chi connectivity index (χ3v) is 18.9. The molecule has 0 amide bonds. The van der Waals surface area contributed by atoms with E-state index in [9.17, 15) is 65.4 Å². The predicted molar refractivity (Wildman–Crippen MR) is 244 cm³/mol. The minimum Gasteiger partial charge on any atom is -0.465 e. The first-order valence-electron chi connectivity index (χ1n) is 26.4. The lowest BCUT2D eigenvalue weighted by Crippen LogP contribution is -2.67. The number of cyclic esters (lactones) is 1. The molecule has 74 heavy (non-hydrogen) atoms. The van der Waals surface area contributed by atoms with Crippen LogP contribution in [-0.2, 0) is 66.5 Å². The van der Waals surface area contributed by atoms with Gasteiger partial charge in [0.05, 0.1) is 51.2 Å². The lowest BCUT2D eigenvalue weighted by molar-refractivity contribution is -0.358. The highest BCUT2D eigenvalue weighted by Crippen LogP contribution is 2.70. The van der Waals surface area contributed by atoms with Crippen LogP contribution in [0.5, 0.6) is 0 Å². The van der Waals surface area contributed by atoms with E-state index in [2.05, 4.69) is 13.8 Å². The Bertz CT molecular complexity index is 1980. The summed E-state index contributed by atoms with van der Waals surface area (Å²) >= 11 is 0. The third-order valence-electron chi connectivity index (χ3n) is 18.9. The van der Waals surface area contributed by atoms with E-state index in [0.717, 1.165) is 32.1 Å². The van der Waals surface area contributed by atoms with Gasteiger partial charge in [-0.1, -0.05) is 13.8 Å². The summed E-state index contributed by atoms with van der Waals surface area (Å²) in [7, 11) is 1.46. The summed E-state index contributed by atoms with van der Waals surface area (Å²) in [6, 6.07) is 0. The molecular formula is C50H78O24. The molecule has 5 saturated heterocycles. The van der Waals surface area contributed by atoms with Gasteiger partial charge in [0.15, 0.2) is 25.2 Å². The molecule has 28 atom stereocenters. The number of fused-ring (bicyclic) bond motifs is 3. The molecule has 422 valence electrons. The van der Waals surface area contributed by atoms with E-state index in [0.29, 0.717) is 38.1 Å². The molecule has 5 heterocycles. The minimum absolute atomic E-state index is 0.0497. The van der Waals surface area contributed by atoms with Gasteiger partial charge >= 0.3 is 11.9 Å². The Morgan fingerprint density at radius 2 is 1.22 bits per heavy atom. The Morgan fingerprint density at radius 3 is 1.78 bits per heavy atom. The fourth-order valence-electron chi connectivity index (χ4n) is 14.9. The fraction of sp³-hybridized carbons (Fsp3) is 0.940. The number of ketones is 1. The first kappa shape index (κ1) is 56.6. The van der Waals surface area contributed by atoms with Crippen molar-refractivity contribution in [3.8, 4) is 0 Å². The molecule has 4 aliphatic carbocycles. The van der Waals surface area contributed by atoms with Crippen LogP contribution in [0.1, 0.15) is 91.9 Å². The van der Waals surface area contributed by atoms with Crippen LogP contribution in [0.25, 0.3) is 0 Å². The zero-order valence-corrected chi connectivity index (χ0v) is 42.5. The first-order valence-corrected chi connectivity index (χ1v) is 26.4. The normalized spacial score (nSPS) is 52.7. The molecule has 9 fully saturated rings. The number of aliphatic hydroxyl groups is 10. The zero-order chi connectivity index (χ0) is 53.3. The highest BCUT2D eigenvalue weighted by atomic mass is 16.8. The maximum atomic E-state index is 14.9. The van der Waals surface area contributed by atoms with Crippen LogP contribution in [0.3, 0.4) is 0 Å². The van der Waals surface area contributed by atoms with Crippen molar-refractivity contribution in [3.05, 3.63) is 0 Å². The third kappa shape index (κ3) is 10.1. The van der Waals surface area contributed by atoms with E-state index >= 15 is 0 Å². The highest BCUT2D eigenvalue weighted by Gasteiger charge is 2.70. The second-order valence-corrected chi connectivity index (χ2v) is 23.0. The molecule has 0 unspecified atom stereocenters. The monoisotopic (exact) mass is 1060 g/mol. The van der Waals surface area contributed by atoms with Crippen LogP contribution >= 0.6 is 0 Å². The van der Waals surface area contributed by atoms with E-state index in [1.165, 1.54) is 14.0 Å². The average Bonchev–Trinajstić information content (AvgIpc) is 3.80. The summed E-state index contributed by atoms with van der Waals surface area (Å²) < 4.78 is 65.0. The molecule has 4 saturated carbocycles. The number of ether oxygens (including phenoxy) is 11. The quantitative estimate of drug-likeness (QED) is 0.0632. The SMILES string of the molecule is CO[C@@H]1C[C@H](O[C@H]2CC[C@@]3(C)[C@@H]4CC[C@@]5(C)C(=O)[C@]4(CC[C@H]3[C@@H]2OC(C)=O)CC[C@H]5[C@H]2COC(=O)C2)O[C@H](C)[C@H]1O[C@H]1O[C@@H](CO[C@H]2O[C@@H](CO[C@H]3O[C@@H](CO)[C@H](O)[C@@H](O)[C@@H]3O)[C@H](O)[C@@H](O)[C@@H]2O)[C@H](O)[C@@H](O)[C@@H]1O. The van der Waals surface area contributed by atoms with Crippen molar-refractivity contribution in [3.63, 3.8) is 0 Å². The van der Waals surface area contributed by atoms with Gasteiger partial charge in [0.2, 0.25) is 0 Å². The van der Waals surface area contributed by atoms with Crippen molar-refractivity contribution in [2.45, 2.75) is 221 Å². The van der Waals surface area contributed by atoms with Crippen molar-refractivity contribution >= 4 is 17.7 Å². The van der Waals surface area contributed by atoms with Gasteiger partial charge in [-0.3, -0.25) is 14.4 Å². The van der Waals surface area contributed by atoms with Gasteiger partial charge in [-0.05, 0) is 75.5 Å².